The Bertz CT molecular complexity index is 1200. The second-order valence-electron chi connectivity index (χ2n) is 9.05. The Morgan fingerprint density at radius 3 is 1.74 bits per heavy atom. The van der Waals surface area contributed by atoms with Crippen molar-refractivity contribution in [1.29, 1.82) is 0 Å². The number of nitrogens with two attached hydrogens (primary N) is 4. The van der Waals surface area contributed by atoms with Gasteiger partial charge in [-0.1, -0.05) is 84.9 Å². The summed E-state index contributed by atoms with van der Waals surface area (Å²) in [4.78, 5) is 43.9. The van der Waals surface area contributed by atoms with E-state index >= 15 is 0 Å². The molecular formula is C29H34N6O3. The van der Waals surface area contributed by atoms with Crippen molar-refractivity contribution in [3.8, 4) is 0 Å². The highest BCUT2D eigenvalue weighted by molar-refractivity contribution is 5.92. The predicted octanol–water partition coefficient (Wildman–Crippen LogP) is 1.78. The number of benzene rings is 3. The summed E-state index contributed by atoms with van der Waals surface area (Å²) < 4.78 is 0. The number of guanidine groups is 1. The molecule has 38 heavy (non-hydrogen) atoms. The van der Waals surface area contributed by atoms with E-state index in [2.05, 4.69) is 4.99 Å². The molecule has 8 N–H and O–H groups in total. The first-order valence-corrected chi connectivity index (χ1v) is 12.4. The number of carbonyl (C=O) groups is 3. The third-order valence-corrected chi connectivity index (χ3v) is 6.18. The molecule has 0 saturated heterocycles. The number of primary amides is 2. The van der Waals surface area contributed by atoms with Crippen molar-refractivity contribution < 1.29 is 14.4 Å². The number of nitrogens with zero attached hydrogens (tertiary/aromatic N) is 2. The summed E-state index contributed by atoms with van der Waals surface area (Å²) in [5, 5.41) is 0. The summed E-state index contributed by atoms with van der Waals surface area (Å²) in [5.74, 6) is -2.00. The van der Waals surface area contributed by atoms with E-state index in [0.717, 1.165) is 22.3 Å². The Morgan fingerprint density at radius 1 is 0.737 bits per heavy atom. The fraction of sp³-hybridized carbons (Fsp3) is 0.241. The van der Waals surface area contributed by atoms with E-state index in [-0.39, 0.29) is 31.3 Å². The Labute approximate surface area is 222 Å². The highest BCUT2D eigenvalue weighted by atomic mass is 16.2. The molecule has 3 aromatic rings. The van der Waals surface area contributed by atoms with Crippen LogP contribution in [-0.2, 0) is 27.3 Å². The van der Waals surface area contributed by atoms with Crippen molar-refractivity contribution in [2.24, 2.45) is 27.9 Å². The first kappa shape index (κ1) is 27.9. The lowest BCUT2D eigenvalue weighted by atomic mass is 9.89. The minimum atomic E-state index is -0.892. The molecule has 0 spiro atoms. The zero-order valence-corrected chi connectivity index (χ0v) is 21.2. The summed E-state index contributed by atoms with van der Waals surface area (Å²) in [6.07, 6.45) is 0.851. The maximum atomic E-state index is 14.3. The molecule has 0 saturated carbocycles. The Morgan fingerprint density at radius 2 is 1.26 bits per heavy atom. The molecule has 0 radical (unpaired) electrons. The molecule has 0 bridgehead atoms. The van der Waals surface area contributed by atoms with Gasteiger partial charge in [-0.25, -0.2) is 0 Å². The first-order valence-electron chi connectivity index (χ1n) is 12.4. The van der Waals surface area contributed by atoms with Crippen LogP contribution in [0.1, 0.15) is 41.0 Å². The highest BCUT2D eigenvalue weighted by Crippen LogP contribution is 2.29. The van der Waals surface area contributed by atoms with Crippen LogP contribution in [0.5, 0.6) is 0 Å². The minimum absolute atomic E-state index is 0.0437. The lowest BCUT2D eigenvalue weighted by molar-refractivity contribution is -0.141. The Hall–Kier alpha value is -4.66. The predicted molar refractivity (Wildman–Crippen MR) is 148 cm³/mol. The van der Waals surface area contributed by atoms with E-state index in [4.69, 9.17) is 22.9 Å². The SMILES string of the molecule is NC(=O)Cc1ccc(CN(C(=O)C(c2ccccc2)c2ccccc2)[C@@H](CCCN=C(N)N)C(N)=O)cc1. The topological polar surface area (TPSA) is 171 Å². The van der Waals surface area contributed by atoms with Gasteiger partial charge in [0.2, 0.25) is 17.7 Å². The largest absolute Gasteiger partial charge is 0.370 e. The van der Waals surface area contributed by atoms with Crippen molar-refractivity contribution in [3.05, 3.63) is 107 Å². The van der Waals surface area contributed by atoms with Gasteiger partial charge in [0.25, 0.3) is 0 Å². The fourth-order valence-corrected chi connectivity index (χ4v) is 4.38. The molecule has 0 aliphatic rings. The van der Waals surface area contributed by atoms with Gasteiger partial charge in [0.1, 0.15) is 6.04 Å². The van der Waals surface area contributed by atoms with E-state index in [0.29, 0.717) is 13.0 Å². The molecule has 9 nitrogen and oxygen atoms in total. The second kappa shape index (κ2) is 13.6. The third-order valence-electron chi connectivity index (χ3n) is 6.18. The number of amides is 3. The zero-order chi connectivity index (χ0) is 27.5. The van der Waals surface area contributed by atoms with Crippen LogP contribution in [0.2, 0.25) is 0 Å². The maximum absolute atomic E-state index is 14.3. The monoisotopic (exact) mass is 514 g/mol. The standard InChI is InChI=1S/C29H34N6O3/c30-25(36)18-20-13-15-21(16-14-20)19-35(24(27(31)37)12-7-17-34-29(32)33)28(38)26(22-8-3-1-4-9-22)23-10-5-2-6-11-23/h1-6,8-11,13-16,24,26H,7,12,17-19H2,(H2,30,36)(H2,31,37)(H4,32,33,34)/t24-/m0/s1. The fourth-order valence-electron chi connectivity index (χ4n) is 4.38. The van der Waals surface area contributed by atoms with Crippen molar-refractivity contribution in [2.75, 3.05) is 6.54 Å². The van der Waals surface area contributed by atoms with Gasteiger partial charge in [-0.2, -0.15) is 0 Å². The number of hydrogen-bond donors (Lipinski definition) is 4. The lowest BCUT2D eigenvalue weighted by Gasteiger charge is -2.33. The van der Waals surface area contributed by atoms with E-state index in [9.17, 15) is 14.4 Å². The molecule has 0 aromatic heterocycles. The van der Waals surface area contributed by atoms with Crippen LogP contribution >= 0.6 is 0 Å². The van der Waals surface area contributed by atoms with E-state index in [1.54, 1.807) is 12.1 Å². The summed E-state index contributed by atoms with van der Waals surface area (Å²) in [6.45, 7) is 0.443. The van der Waals surface area contributed by atoms with Crippen LogP contribution in [0.4, 0.5) is 0 Å². The summed E-state index contributed by atoms with van der Waals surface area (Å²) in [6, 6.07) is 25.2. The van der Waals surface area contributed by atoms with Gasteiger partial charge in [0, 0.05) is 13.1 Å². The van der Waals surface area contributed by atoms with Crippen molar-refractivity contribution in [3.63, 3.8) is 0 Å². The van der Waals surface area contributed by atoms with Crippen molar-refractivity contribution >= 4 is 23.7 Å². The van der Waals surface area contributed by atoms with Crippen molar-refractivity contribution in [1.82, 2.24) is 4.90 Å². The summed E-state index contributed by atoms with van der Waals surface area (Å²) in [7, 11) is 0. The van der Waals surface area contributed by atoms with Gasteiger partial charge in [0.05, 0.1) is 12.3 Å². The van der Waals surface area contributed by atoms with Crippen LogP contribution in [-0.4, -0.2) is 41.2 Å². The third kappa shape index (κ3) is 7.92. The van der Waals surface area contributed by atoms with Crippen LogP contribution in [0.3, 0.4) is 0 Å². The normalized spacial score (nSPS) is 11.5. The van der Waals surface area contributed by atoms with Gasteiger partial charge in [-0.05, 0) is 35.1 Å². The van der Waals surface area contributed by atoms with Crippen LogP contribution in [0, 0.1) is 0 Å². The van der Waals surface area contributed by atoms with E-state index < -0.39 is 23.8 Å². The molecule has 0 fully saturated rings. The van der Waals surface area contributed by atoms with Gasteiger partial charge < -0.3 is 27.8 Å². The maximum Gasteiger partial charge on any atom is 0.240 e. The minimum Gasteiger partial charge on any atom is -0.370 e. The van der Waals surface area contributed by atoms with Gasteiger partial charge in [0.15, 0.2) is 5.96 Å². The van der Waals surface area contributed by atoms with Crippen LogP contribution < -0.4 is 22.9 Å². The molecule has 0 aliphatic heterocycles. The summed E-state index contributed by atoms with van der Waals surface area (Å²) in [5.41, 5.74) is 25.2. The van der Waals surface area contributed by atoms with E-state index in [1.165, 1.54) is 4.90 Å². The molecule has 0 heterocycles. The highest BCUT2D eigenvalue weighted by Gasteiger charge is 2.34. The Balaban J connectivity index is 2.01. The molecule has 0 unspecified atom stereocenters. The lowest BCUT2D eigenvalue weighted by Crippen LogP contribution is -2.49. The van der Waals surface area contributed by atoms with Crippen LogP contribution in [0.15, 0.2) is 89.9 Å². The Kier molecular flexibility index (Phi) is 9.99. The smallest absolute Gasteiger partial charge is 0.240 e. The molecular weight excluding hydrogens is 480 g/mol. The van der Waals surface area contributed by atoms with Crippen LogP contribution in [0.25, 0.3) is 0 Å². The first-order chi connectivity index (χ1) is 18.3. The summed E-state index contributed by atoms with van der Waals surface area (Å²) >= 11 is 0. The number of aliphatic imine (C=N–C) groups is 1. The average Bonchev–Trinajstić information content (AvgIpc) is 2.89. The quantitative estimate of drug-likeness (QED) is 0.154. The second-order valence-corrected chi connectivity index (χ2v) is 9.05. The van der Waals surface area contributed by atoms with Gasteiger partial charge in [-0.15, -0.1) is 0 Å². The molecule has 3 rings (SSSR count). The molecule has 0 aliphatic carbocycles. The van der Waals surface area contributed by atoms with Crippen molar-refractivity contribution in [2.45, 2.75) is 37.8 Å². The van der Waals surface area contributed by atoms with Gasteiger partial charge >= 0.3 is 0 Å². The number of carbonyl (C=O) groups excluding carboxylic acids is 3. The molecule has 3 amide bonds. The number of hydrogen-bond acceptors (Lipinski definition) is 4. The molecule has 3 aromatic carbocycles. The molecule has 198 valence electrons. The molecule has 1 atom stereocenters. The zero-order valence-electron chi connectivity index (χ0n) is 21.2. The average molecular weight is 515 g/mol. The molecule has 9 heteroatoms. The number of rotatable bonds is 13. The van der Waals surface area contributed by atoms with E-state index in [1.807, 2.05) is 72.8 Å². The van der Waals surface area contributed by atoms with Gasteiger partial charge in [-0.3, -0.25) is 19.4 Å².